The summed E-state index contributed by atoms with van der Waals surface area (Å²) in [4.78, 5) is 23.7. The molecular weight excluding hydrogens is 314 g/mol. The van der Waals surface area contributed by atoms with E-state index in [0.29, 0.717) is 36.1 Å². The molecule has 7 heteroatoms. The molecule has 23 heavy (non-hydrogen) atoms. The highest BCUT2D eigenvalue weighted by Crippen LogP contribution is 2.40. The van der Waals surface area contributed by atoms with Crippen LogP contribution in [0.5, 0.6) is 11.5 Å². The van der Waals surface area contributed by atoms with Crippen LogP contribution in [0.25, 0.3) is 0 Å². The number of ether oxygens (including phenoxy) is 2. The van der Waals surface area contributed by atoms with Crippen molar-refractivity contribution >= 4 is 17.2 Å². The lowest BCUT2D eigenvalue weighted by molar-refractivity contribution is 0.0702. The Morgan fingerprint density at radius 2 is 2.26 bits per heavy atom. The fourth-order valence-electron chi connectivity index (χ4n) is 3.10. The van der Waals surface area contributed by atoms with E-state index in [4.69, 9.17) is 9.47 Å². The van der Waals surface area contributed by atoms with Crippen molar-refractivity contribution in [2.75, 3.05) is 26.3 Å². The number of fused-ring (bicyclic) bond motifs is 1. The number of thiophene rings is 1. The van der Waals surface area contributed by atoms with Crippen molar-refractivity contribution in [1.82, 2.24) is 14.9 Å². The van der Waals surface area contributed by atoms with E-state index >= 15 is 0 Å². The Labute approximate surface area is 138 Å². The lowest BCUT2D eigenvalue weighted by Gasteiger charge is -2.32. The van der Waals surface area contributed by atoms with Crippen LogP contribution in [0.15, 0.2) is 24.0 Å². The van der Waals surface area contributed by atoms with Gasteiger partial charge in [-0.3, -0.25) is 4.79 Å². The van der Waals surface area contributed by atoms with E-state index < -0.39 is 0 Å². The second-order valence-corrected chi connectivity index (χ2v) is 6.56. The molecule has 2 aliphatic heterocycles. The molecule has 0 aromatic carbocycles. The highest BCUT2D eigenvalue weighted by atomic mass is 32.1. The summed E-state index contributed by atoms with van der Waals surface area (Å²) in [5.41, 5.74) is 1.00. The van der Waals surface area contributed by atoms with Gasteiger partial charge in [0.1, 0.15) is 24.4 Å². The van der Waals surface area contributed by atoms with Crippen LogP contribution in [-0.2, 0) is 0 Å². The lowest BCUT2D eigenvalue weighted by Crippen LogP contribution is -2.39. The van der Waals surface area contributed by atoms with Crippen LogP contribution in [0.4, 0.5) is 0 Å². The first-order valence-electron chi connectivity index (χ1n) is 7.75. The van der Waals surface area contributed by atoms with Gasteiger partial charge >= 0.3 is 0 Å². The molecule has 2 aliphatic rings. The van der Waals surface area contributed by atoms with Gasteiger partial charge in [0.05, 0.1) is 0 Å². The molecule has 2 aromatic heterocycles. The van der Waals surface area contributed by atoms with Crippen LogP contribution in [-0.4, -0.2) is 47.1 Å². The first kappa shape index (κ1) is 14.4. The first-order valence-corrected chi connectivity index (χ1v) is 8.63. The monoisotopic (exact) mass is 331 g/mol. The van der Waals surface area contributed by atoms with Crippen molar-refractivity contribution in [2.24, 2.45) is 0 Å². The van der Waals surface area contributed by atoms with Crippen LogP contribution in [0.1, 0.15) is 34.1 Å². The molecule has 0 radical (unpaired) electrons. The van der Waals surface area contributed by atoms with Crippen molar-refractivity contribution in [3.05, 3.63) is 34.5 Å². The van der Waals surface area contributed by atoms with E-state index in [1.54, 1.807) is 12.5 Å². The molecule has 1 saturated heterocycles. The quantitative estimate of drug-likeness (QED) is 0.845. The minimum Gasteiger partial charge on any atom is -0.485 e. The van der Waals surface area contributed by atoms with E-state index in [1.165, 1.54) is 11.3 Å². The number of rotatable bonds is 2. The molecule has 0 aliphatic carbocycles. The van der Waals surface area contributed by atoms with Crippen LogP contribution in [0, 0.1) is 0 Å². The number of carbonyl (C=O) groups excluding carboxylic acids is 1. The number of nitrogens with zero attached hydrogens (tertiary/aromatic N) is 3. The second kappa shape index (κ2) is 6.16. The Bertz CT molecular complexity index is 704. The summed E-state index contributed by atoms with van der Waals surface area (Å²) in [7, 11) is 0. The minimum atomic E-state index is 0.0282. The maximum Gasteiger partial charge on any atom is 0.267 e. The van der Waals surface area contributed by atoms with Gasteiger partial charge in [-0.2, -0.15) is 0 Å². The second-order valence-electron chi connectivity index (χ2n) is 5.68. The largest absolute Gasteiger partial charge is 0.485 e. The molecule has 1 atom stereocenters. The molecule has 0 saturated carbocycles. The maximum absolute atomic E-state index is 12.9. The molecule has 120 valence electrons. The summed E-state index contributed by atoms with van der Waals surface area (Å²) in [6.45, 7) is 2.49. The van der Waals surface area contributed by atoms with Crippen molar-refractivity contribution in [3.8, 4) is 11.5 Å². The molecule has 6 nitrogen and oxygen atoms in total. The first-order chi connectivity index (χ1) is 11.3. The van der Waals surface area contributed by atoms with Crippen LogP contribution >= 0.6 is 11.3 Å². The van der Waals surface area contributed by atoms with Gasteiger partial charge in [0.2, 0.25) is 0 Å². The molecule has 1 amide bonds. The summed E-state index contributed by atoms with van der Waals surface area (Å²) in [5, 5.41) is 1.85. The van der Waals surface area contributed by atoms with Crippen molar-refractivity contribution < 1.29 is 14.3 Å². The molecule has 1 fully saturated rings. The SMILES string of the molecule is O=C(c1scc2c1OCCO2)N1CCCC(c2ccncn2)C1. The number of piperidine rings is 1. The number of likely N-dealkylation sites (tertiary alicyclic amines) is 1. The van der Waals surface area contributed by atoms with Crippen LogP contribution < -0.4 is 9.47 Å². The van der Waals surface area contributed by atoms with E-state index in [-0.39, 0.29) is 11.8 Å². The van der Waals surface area contributed by atoms with Gasteiger partial charge in [-0.05, 0) is 18.9 Å². The summed E-state index contributed by atoms with van der Waals surface area (Å²) in [6, 6.07) is 1.93. The Hall–Kier alpha value is -2.15. The van der Waals surface area contributed by atoms with E-state index in [9.17, 15) is 4.79 Å². The lowest BCUT2D eigenvalue weighted by atomic mass is 9.94. The molecule has 0 bridgehead atoms. The molecule has 2 aromatic rings. The Morgan fingerprint density at radius 3 is 3.13 bits per heavy atom. The predicted octanol–water partition coefficient (Wildman–Crippen LogP) is 2.33. The van der Waals surface area contributed by atoms with Gasteiger partial charge in [-0.15, -0.1) is 11.3 Å². The van der Waals surface area contributed by atoms with Crippen LogP contribution in [0.2, 0.25) is 0 Å². The average Bonchev–Trinajstić information content (AvgIpc) is 3.06. The van der Waals surface area contributed by atoms with E-state index in [2.05, 4.69) is 9.97 Å². The zero-order chi connectivity index (χ0) is 15.6. The zero-order valence-electron chi connectivity index (χ0n) is 12.6. The molecule has 1 unspecified atom stereocenters. The summed E-state index contributed by atoms with van der Waals surface area (Å²) >= 11 is 1.40. The number of carbonyl (C=O) groups is 1. The van der Waals surface area contributed by atoms with Gasteiger partial charge in [0, 0.05) is 36.3 Å². The smallest absolute Gasteiger partial charge is 0.267 e. The fourth-order valence-corrected chi connectivity index (χ4v) is 4.00. The van der Waals surface area contributed by atoms with Gasteiger partial charge in [0.15, 0.2) is 11.5 Å². The summed E-state index contributed by atoms with van der Waals surface area (Å²) in [5.74, 6) is 1.59. The minimum absolute atomic E-state index is 0.0282. The number of hydrogen-bond donors (Lipinski definition) is 0. The zero-order valence-corrected chi connectivity index (χ0v) is 13.4. The summed E-state index contributed by atoms with van der Waals surface area (Å²) in [6.07, 6.45) is 5.34. The standard InChI is InChI=1S/C16H17N3O3S/c20-16(15-14-13(9-23-15)21-6-7-22-14)19-5-1-2-11(8-19)12-3-4-17-10-18-12/h3-4,9-11H,1-2,5-8H2. The topological polar surface area (TPSA) is 64.6 Å². The van der Waals surface area contributed by atoms with Gasteiger partial charge < -0.3 is 14.4 Å². The molecule has 0 spiro atoms. The normalized spacial score (nSPS) is 20.3. The average molecular weight is 331 g/mol. The van der Waals surface area contributed by atoms with Crippen molar-refractivity contribution in [2.45, 2.75) is 18.8 Å². The van der Waals surface area contributed by atoms with Crippen molar-refractivity contribution in [3.63, 3.8) is 0 Å². The number of aromatic nitrogens is 2. The van der Waals surface area contributed by atoms with E-state index in [0.717, 1.165) is 25.1 Å². The third-order valence-corrected chi connectivity index (χ3v) is 5.15. The van der Waals surface area contributed by atoms with E-state index in [1.807, 2.05) is 16.3 Å². The molecule has 0 N–H and O–H groups in total. The Morgan fingerprint density at radius 1 is 1.35 bits per heavy atom. The highest BCUT2D eigenvalue weighted by molar-refractivity contribution is 7.12. The van der Waals surface area contributed by atoms with Crippen molar-refractivity contribution in [1.29, 1.82) is 0 Å². The Balaban J connectivity index is 1.53. The Kier molecular flexibility index (Phi) is 3.87. The summed E-state index contributed by atoms with van der Waals surface area (Å²) < 4.78 is 11.2. The highest BCUT2D eigenvalue weighted by Gasteiger charge is 2.31. The third kappa shape index (κ3) is 2.76. The molecular formula is C16H17N3O3S. The third-order valence-electron chi connectivity index (χ3n) is 4.23. The number of amides is 1. The van der Waals surface area contributed by atoms with Crippen LogP contribution in [0.3, 0.4) is 0 Å². The van der Waals surface area contributed by atoms with Gasteiger partial charge in [-0.1, -0.05) is 0 Å². The maximum atomic E-state index is 12.9. The van der Waals surface area contributed by atoms with Gasteiger partial charge in [-0.25, -0.2) is 9.97 Å². The fraction of sp³-hybridized carbons (Fsp3) is 0.438. The number of hydrogen-bond acceptors (Lipinski definition) is 6. The molecule has 4 rings (SSSR count). The predicted molar refractivity (Wildman–Crippen MR) is 85.2 cm³/mol. The van der Waals surface area contributed by atoms with Gasteiger partial charge in [0.25, 0.3) is 5.91 Å². The molecule has 4 heterocycles.